The molecule has 0 aromatic carbocycles. The molecular formula is C10H32N2. The van der Waals surface area contributed by atoms with Crippen molar-refractivity contribution < 1.29 is 0 Å². The molecule has 0 aliphatic rings. The highest BCUT2D eigenvalue weighted by Crippen LogP contribution is 1.66. The maximum absolute atomic E-state index is 3.03. The molecule has 0 amide bonds. The van der Waals surface area contributed by atoms with Gasteiger partial charge in [0.1, 0.15) is 0 Å². The molecule has 0 rings (SSSR count). The Bertz CT molecular complexity index is 34.8. The molecule has 0 aliphatic heterocycles. The smallest absolute Gasteiger partial charge is 0.000733 e. The van der Waals surface area contributed by atoms with Crippen LogP contribution in [0.15, 0.2) is 0 Å². The van der Waals surface area contributed by atoms with Gasteiger partial charge < -0.3 is 10.6 Å². The largest absolute Gasteiger partial charge is 0.320 e. The van der Waals surface area contributed by atoms with Crippen LogP contribution in [-0.4, -0.2) is 26.7 Å². The first kappa shape index (κ1) is 29.7. The molecule has 0 saturated carbocycles. The number of hydrogen-bond acceptors (Lipinski definition) is 2. The van der Waals surface area contributed by atoms with Crippen molar-refractivity contribution in [2.45, 2.75) is 49.1 Å². The fraction of sp³-hybridized carbons (Fsp3) is 1.00. The molecule has 0 spiro atoms. The highest BCUT2D eigenvalue weighted by molar-refractivity contribution is 4.40. The molecule has 82 valence electrons. The first-order chi connectivity index (χ1) is 4.18. The van der Waals surface area contributed by atoms with Gasteiger partial charge in [0.2, 0.25) is 0 Å². The summed E-state index contributed by atoms with van der Waals surface area (Å²) >= 11 is 0. The standard InChI is InChI=1S/C4H11N.C3H9N.3CH4/c1-4(2)5-3;1-3-4-2;;;/h4-5H,1-3H3;4H,3H2,1-2H3;3*1H4. The molecule has 0 aliphatic carbocycles. The zero-order chi connectivity index (χ0) is 7.70. The van der Waals surface area contributed by atoms with Crippen LogP contribution in [0.2, 0.25) is 0 Å². The maximum Gasteiger partial charge on any atom is 0.000733 e. The molecule has 0 aromatic rings. The summed E-state index contributed by atoms with van der Waals surface area (Å²) in [5, 5.41) is 5.96. The molecule has 0 aromatic heterocycles. The highest BCUT2D eigenvalue weighted by atomic mass is 14.8. The first-order valence-corrected chi connectivity index (χ1v) is 3.50. The lowest BCUT2D eigenvalue weighted by molar-refractivity contribution is 0.668. The van der Waals surface area contributed by atoms with Crippen molar-refractivity contribution >= 4 is 0 Å². The SMILES string of the molecule is C.C.C.CCNC.CNC(C)C. The summed E-state index contributed by atoms with van der Waals surface area (Å²) in [5.74, 6) is 0. The molecule has 0 unspecified atom stereocenters. The lowest BCUT2D eigenvalue weighted by Crippen LogP contribution is -2.15. The van der Waals surface area contributed by atoms with Crippen molar-refractivity contribution in [2.24, 2.45) is 0 Å². The van der Waals surface area contributed by atoms with Gasteiger partial charge in [-0.05, 0) is 20.6 Å². The van der Waals surface area contributed by atoms with E-state index in [4.69, 9.17) is 0 Å². The normalized spacial score (nSPS) is 6.50. The second-order valence-corrected chi connectivity index (χ2v) is 2.15. The molecule has 0 bridgehead atoms. The van der Waals surface area contributed by atoms with Crippen molar-refractivity contribution in [2.75, 3.05) is 20.6 Å². The van der Waals surface area contributed by atoms with E-state index < -0.39 is 0 Å². The fourth-order valence-electron chi connectivity index (χ4n) is 0. The topological polar surface area (TPSA) is 24.1 Å². The molecule has 0 heterocycles. The number of hydrogen-bond donors (Lipinski definition) is 2. The Kier molecular flexibility index (Phi) is 75.8. The molecule has 0 atom stereocenters. The molecular weight excluding hydrogens is 148 g/mol. The van der Waals surface area contributed by atoms with Crippen LogP contribution in [0, 0.1) is 0 Å². The lowest BCUT2D eigenvalue weighted by atomic mass is 10.4. The van der Waals surface area contributed by atoms with Gasteiger partial charge in [-0.15, -0.1) is 0 Å². The average molecular weight is 180 g/mol. The van der Waals surface area contributed by atoms with Gasteiger partial charge in [0.15, 0.2) is 0 Å². The van der Waals surface area contributed by atoms with Crippen LogP contribution in [0.4, 0.5) is 0 Å². The Morgan fingerprint density at radius 1 is 1.00 bits per heavy atom. The van der Waals surface area contributed by atoms with E-state index in [-0.39, 0.29) is 22.3 Å². The first-order valence-electron chi connectivity index (χ1n) is 3.50. The second kappa shape index (κ2) is 30.7. The molecule has 0 radical (unpaired) electrons. The molecule has 2 nitrogen and oxygen atoms in total. The van der Waals surface area contributed by atoms with Crippen LogP contribution >= 0.6 is 0 Å². The van der Waals surface area contributed by atoms with E-state index >= 15 is 0 Å². The molecule has 2 heteroatoms. The van der Waals surface area contributed by atoms with Crippen molar-refractivity contribution in [1.29, 1.82) is 0 Å². The Morgan fingerprint density at radius 2 is 1.17 bits per heavy atom. The van der Waals surface area contributed by atoms with E-state index in [2.05, 4.69) is 31.4 Å². The van der Waals surface area contributed by atoms with Gasteiger partial charge in [-0.1, -0.05) is 43.1 Å². The second-order valence-electron chi connectivity index (χ2n) is 2.15. The van der Waals surface area contributed by atoms with Crippen molar-refractivity contribution in [3.05, 3.63) is 0 Å². The molecule has 12 heavy (non-hydrogen) atoms. The van der Waals surface area contributed by atoms with E-state index in [1.807, 2.05) is 14.1 Å². The van der Waals surface area contributed by atoms with E-state index in [1.165, 1.54) is 0 Å². The Balaban J connectivity index is -0.0000000221. The summed E-state index contributed by atoms with van der Waals surface area (Å²) in [7, 11) is 3.88. The Hall–Kier alpha value is -0.0800. The van der Waals surface area contributed by atoms with Gasteiger partial charge in [-0.25, -0.2) is 0 Å². The third kappa shape index (κ3) is 92.6. The maximum atomic E-state index is 3.03. The van der Waals surface area contributed by atoms with Crippen molar-refractivity contribution in [3.8, 4) is 0 Å². The van der Waals surface area contributed by atoms with E-state index in [1.54, 1.807) is 0 Å². The van der Waals surface area contributed by atoms with Crippen LogP contribution in [0.25, 0.3) is 0 Å². The van der Waals surface area contributed by atoms with Gasteiger partial charge in [-0.3, -0.25) is 0 Å². The zero-order valence-electron chi connectivity index (χ0n) is 7.28. The minimum absolute atomic E-state index is 0. The van der Waals surface area contributed by atoms with Crippen LogP contribution in [0.1, 0.15) is 43.1 Å². The minimum atomic E-state index is 0. The van der Waals surface area contributed by atoms with Gasteiger partial charge in [0, 0.05) is 6.04 Å². The van der Waals surface area contributed by atoms with E-state index in [0.29, 0.717) is 6.04 Å². The summed E-state index contributed by atoms with van der Waals surface area (Å²) in [4.78, 5) is 0. The van der Waals surface area contributed by atoms with Gasteiger partial charge in [-0.2, -0.15) is 0 Å². The Labute approximate surface area is 81.1 Å². The van der Waals surface area contributed by atoms with Crippen LogP contribution < -0.4 is 10.6 Å². The predicted molar refractivity (Wildman–Crippen MR) is 64.0 cm³/mol. The Morgan fingerprint density at radius 3 is 1.17 bits per heavy atom. The van der Waals surface area contributed by atoms with E-state index in [0.717, 1.165) is 6.54 Å². The van der Waals surface area contributed by atoms with Gasteiger partial charge >= 0.3 is 0 Å². The number of nitrogens with one attached hydrogen (secondary N) is 2. The predicted octanol–water partition coefficient (Wildman–Crippen LogP) is 2.75. The van der Waals surface area contributed by atoms with Gasteiger partial charge in [0.25, 0.3) is 0 Å². The zero-order valence-corrected chi connectivity index (χ0v) is 7.28. The average Bonchev–Trinajstić information content (AvgIpc) is 1.89. The van der Waals surface area contributed by atoms with Crippen molar-refractivity contribution in [3.63, 3.8) is 0 Å². The monoisotopic (exact) mass is 180 g/mol. The molecule has 2 N–H and O–H groups in total. The summed E-state index contributed by atoms with van der Waals surface area (Å²) < 4.78 is 0. The van der Waals surface area contributed by atoms with Crippen LogP contribution in [0.5, 0.6) is 0 Å². The van der Waals surface area contributed by atoms with Gasteiger partial charge in [0.05, 0.1) is 0 Å². The van der Waals surface area contributed by atoms with Crippen molar-refractivity contribution in [1.82, 2.24) is 10.6 Å². The summed E-state index contributed by atoms with van der Waals surface area (Å²) in [6, 6.07) is 0.634. The minimum Gasteiger partial charge on any atom is -0.320 e. The van der Waals surface area contributed by atoms with Crippen LogP contribution in [0.3, 0.4) is 0 Å². The lowest BCUT2D eigenvalue weighted by Gasteiger charge is -1.95. The summed E-state index contributed by atoms with van der Waals surface area (Å²) in [5.41, 5.74) is 0. The quantitative estimate of drug-likeness (QED) is 0.683. The highest BCUT2D eigenvalue weighted by Gasteiger charge is 1.76. The fourth-order valence-corrected chi connectivity index (χ4v) is 0. The van der Waals surface area contributed by atoms with E-state index in [9.17, 15) is 0 Å². The number of rotatable bonds is 2. The van der Waals surface area contributed by atoms with Crippen LogP contribution in [-0.2, 0) is 0 Å². The molecule has 0 fully saturated rings. The summed E-state index contributed by atoms with van der Waals surface area (Å²) in [6.45, 7) is 7.36. The summed E-state index contributed by atoms with van der Waals surface area (Å²) in [6.07, 6.45) is 0. The third-order valence-corrected chi connectivity index (χ3v) is 0.931. The third-order valence-electron chi connectivity index (χ3n) is 0.931. The molecule has 0 saturated heterocycles.